The summed E-state index contributed by atoms with van der Waals surface area (Å²) in [6, 6.07) is 12.3. The van der Waals surface area contributed by atoms with Gasteiger partial charge in [-0.15, -0.1) is 11.3 Å². The largest absolute Gasteiger partial charge is 0.461 e. The van der Waals surface area contributed by atoms with Crippen molar-refractivity contribution in [1.82, 2.24) is 14.5 Å². The number of imidazole rings is 1. The smallest absolute Gasteiger partial charge is 0.311 e. The fourth-order valence-electron chi connectivity index (χ4n) is 3.58. The zero-order valence-corrected chi connectivity index (χ0v) is 18.5. The van der Waals surface area contributed by atoms with E-state index < -0.39 is 0 Å². The van der Waals surface area contributed by atoms with Gasteiger partial charge < -0.3 is 9.30 Å². The minimum atomic E-state index is -0.235. The zero-order valence-electron chi connectivity index (χ0n) is 17.7. The molecule has 0 aliphatic carbocycles. The van der Waals surface area contributed by atoms with E-state index in [2.05, 4.69) is 44.0 Å². The standard InChI is InChI=1S/C24H25N3O2S/c1-5-19-22(30-24(26-19)18-8-6-15(2)10-16(18)3)12-23(28)29-13-17-7-9-21-20(11-17)25-14-27(21)4/h6-11,14H,5,12-13H2,1-4H3. The lowest BCUT2D eigenvalue weighted by Gasteiger charge is -2.05. The van der Waals surface area contributed by atoms with Crippen molar-refractivity contribution in [2.45, 2.75) is 40.2 Å². The second-order valence-corrected chi connectivity index (χ2v) is 8.66. The van der Waals surface area contributed by atoms with Crippen LogP contribution in [-0.2, 0) is 36.0 Å². The van der Waals surface area contributed by atoms with Crippen molar-refractivity contribution in [3.05, 3.63) is 70.0 Å². The maximum Gasteiger partial charge on any atom is 0.311 e. The van der Waals surface area contributed by atoms with Gasteiger partial charge in [-0.1, -0.05) is 36.8 Å². The van der Waals surface area contributed by atoms with Crippen LogP contribution in [0.25, 0.3) is 21.6 Å². The summed E-state index contributed by atoms with van der Waals surface area (Å²) in [5, 5.41) is 0.966. The van der Waals surface area contributed by atoms with Gasteiger partial charge in [-0.3, -0.25) is 4.79 Å². The number of carbonyl (C=O) groups excluding carboxylic acids is 1. The molecule has 30 heavy (non-hydrogen) atoms. The van der Waals surface area contributed by atoms with Crippen LogP contribution >= 0.6 is 11.3 Å². The Balaban J connectivity index is 1.46. The first-order valence-electron chi connectivity index (χ1n) is 10.1. The zero-order chi connectivity index (χ0) is 21.3. The van der Waals surface area contributed by atoms with Gasteiger partial charge in [0.2, 0.25) is 0 Å². The Labute approximate surface area is 180 Å². The van der Waals surface area contributed by atoms with Gasteiger partial charge in [0.05, 0.1) is 29.5 Å². The van der Waals surface area contributed by atoms with Gasteiger partial charge in [0, 0.05) is 17.5 Å². The number of rotatable bonds is 6. The fraction of sp³-hybridized carbons (Fsp3) is 0.292. The molecule has 4 aromatic rings. The molecule has 0 fully saturated rings. The molecule has 2 aromatic heterocycles. The molecule has 4 rings (SSSR count). The van der Waals surface area contributed by atoms with Crippen LogP contribution in [0, 0.1) is 13.8 Å². The second-order valence-electron chi connectivity index (χ2n) is 7.58. The molecule has 0 radical (unpaired) electrons. The highest BCUT2D eigenvalue weighted by Gasteiger charge is 2.17. The summed E-state index contributed by atoms with van der Waals surface area (Å²) in [6.07, 6.45) is 2.82. The van der Waals surface area contributed by atoms with Gasteiger partial charge in [-0.05, 0) is 43.5 Å². The van der Waals surface area contributed by atoms with Gasteiger partial charge in [-0.25, -0.2) is 9.97 Å². The highest BCUT2D eigenvalue weighted by atomic mass is 32.1. The summed E-state index contributed by atoms with van der Waals surface area (Å²) < 4.78 is 7.51. The average molecular weight is 420 g/mol. The van der Waals surface area contributed by atoms with Crippen molar-refractivity contribution < 1.29 is 9.53 Å². The number of ether oxygens (including phenoxy) is 1. The predicted octanol–water partition coefficient (Wildman–Crippen LogP) is 5.16. The van der Waals surface area contributed by atoms with Crippen molar-refractivity contribution in [3.8, 4) is 10.6 Å². The van der Waals surface area contributed by atoms with E-state index in [0.717, 1.165) is 44.2 Å². The number of hydrogen-bond donors (Lipinski definition) is 0. The fourth-order valence-corrected chi connectivity index (χ4v) is 4.81. The Hall–Kier alpha value is -2.99. The van der Waals surface area contributed by atoms with E-state index in [-0.39, 0.29) is 19.0 Å². The number of aryl methyl sites for hydroxylation is 4. The summed E-state index contributed by atoms with van der Waals surface area (Å²) in [4.78, 5) is 22.7. The van der Waals surface area contributed by atoms with Gasteiger partial charge in [-0.2, -0.15) is 0 Å². The van der Waals surface area contributed by atoms with Crippen molar-refractivity contribution in [1.29, 1.82) is 0 Å². The van der Waals surface area contributed by atoms with Crippen molar-refractivity contribution in [3.63, 3.8) is 0 Å². The number of thiazole rings is 1. The topological polar surface area (TPSA) is 57.0 Å². The maximum atomic E-state index is 12.5. The van der Waals surface area contributed by atoms with Gasteiger partial charge in [0.25, 0.3) is 0 Å². The Kier molecular flexibility index (Phi) is 5.68. The SMILES string of the molecule is CCc1nc(-c2ccc(C)cc2C)sc1CC(=O)OCc1ccc2c(c1)ncn2C. The molecule has 0 aliphatic rings. The number of fused-ring (bicyclic) bond motifs is 1. The van der Waals surface area contributed by atoms with Crippen molar-refractivity contribution in [2.75, 3.05) is 0 Å². The van der Waals surface area contributed by atoms with E-state index in [1.807, 2.05) is 29.8 Å². The summed E-state index contributed by atoms with van der Waals surface area (Å²) in [5.41, 5.74) is 7.43. The molecule has 2 aromatic carbocycles. The molecule has 0 saturated carbocycles. The molecule has 0 saturated heterocycles. The van der Waals surface area contributed by atoms with Crippen molar-refractivity contribution in [2.24, 2.45) is 7.05 Å². The van der Waals surface area contributed by atoms with E-state index in [4.69, 9.17) is 9.72 Å². The van der Waals surface area contributed by atoms with E-state index in [1.165, 1.54) is 11.1 Å². The molecule has 6 heteroatoms. The van der Waals surface area contributed by atoms with Crippen LogP contribution < -0.4 is 0 Å². The highest BCUT2D eigenvalue weighted by molar-refractivity contribution is 7.15. The van der Waals surface area contributed by atoms with Gasteiger partial charge >= 0.3 is 5.97 Å². The summed E-state index contributed by atoms with van der Waals surface area (Å²) in [5.74, 6) is -0.235. The molecular formula is C24H25N3O2S. The van der Waals surface area contributed by atoms with Crippen LogP contribution in [0.15, 0.2) is 42.7 Å². The molecule has 0 bridgehead atoms. The Morgan fingerprint density at radius 2 is 2.00 bits per heavy atom. The lowest BCUT2D eigenvalue weighted by Crippen LogP contribution is -2.08. The first-order chi connectivity index (χ1) is 14.4. The third-order valence-corrected chi connectivity index (χ3v) is 6.35. The van der Waals surface area contributed by atoms with E-state index in [9.17, 15) is 4.79 Å². The van der Waals surface area contributed by atoms with Crippen LogP contribution in [0.3, 0.4) is 0 Å². The minimum Gasteiger partial charge on any atom is -0.461 e. The van der Waals surface area contributed by atoms with Crippen LogP contribution in [0.5, 0.6) is 0 Å². The average Bonchev–Trinajstić information content (AvgIpc) is 3.29. The quantitative estimate of drug-likeness (QED) is 0.405. The normalized spacial score (nSPS) is 11.2. The number of nitrogens with zero attached hydrogens (tertiary/aromatic N) is 3. The molecule has 0 atom stereocenters. The molecule has 0 unspecified atom stereocenters. The lowest BCUT2D eigenvalue weighted by molar-refractivity contribution is -0.144. The van der Waals surface area contributed by atoms with Crippen molar-refractivity contribution >= 4 is 28.3 Å². The van der Waals surface area contributed by atoms with Crippen LogP contribution in [0.1, 0.15) is 34.2 Å². The van der Waals surface area contributed by atoms with Gasteiger partial charge in [0.1, 0.15) is 11.6 Å². The monoisotopic (exact) mass is 419 g/mol. The Morgan fingerprint density at radius 3 is 2.77 bits per heavy atom. The van der Waals surface area contributed by atoms with Crippen LogP contribution in [-0.4, -0.2) is 20.5 Å². The summed E-state index contributed by atoms with van der Waals surface area (Å²) in [6.45, 7) is 6.50. The van der Waals surface area contributed by atoms with Gasteiger partial charge in [0.15, 0.2) is 0 Å². The Morgan fingerprint density at radius 1 is 1.17 bits per heavy atom. The summed E-state index contributed by atoms with van der Waals surface area (Å²) in [7, 11) is 1.96. The van der Waals surface area contributed by atoms with E-state index in [0.29, 0.717) is 0 Å². The number of esters is 1. The third-order valence-electron chi connectivity index (χ3n) is 5.22. The van der Waals surface area contributed by atoms with E-state index >= 15 is 0 Å². The maximum absolute atomic E-state index is 12.5. The number of benzene rings is 2. The lowest BCUT2D eigenvalue weighted by atomic mass is 10.1. The molecular weight excluding hydrogens is 394 g/mol. The summed E-state index contributed by atoms with van der Waals surface area (Å²) >= 11 is 1.59. The molecule has 0 amide bonds. The first-order valence-corrected chi connectivity index (χ1v) is 10.9. The first kappa shape index (κ1) is 20.3. The third kappa shape index (κ3) is 4.14. The molecule has 0 spiro atoms. The minimum absolute atomic E-state index is 0.235. The molecule has 5 nitrogen and oxygen atoms in total. The highest BCUT2D eigenvalue weighted by Crippen LogP contribution is 2.31. The number of hydrogen-bond acceptors (Lipinski definition) is 5. The molecule has 0 N–H and O–H groups in total. The molecule has 2 heterocycles. The predicted molar refractivity (Wildman–Crippen MR) is 121 cm³/mol. The molecule has 154 valence electrons. The Bertz CT molecular complexity index is 1220. The van der Waals surface area contributed by atoms with E-state index in [1.54, 1.807) is 17.7 Å². The second kappa shape index (κ2) is 8.40. The van der Waals surface area contributed by atoms with Crippen LogP contribution in [0.2, 0.25) is 0 Å². The number of carbonyl (C=O) groups is 1. The molecule has 0 aliphatic heterocycles. The van der Waals surface area contributed by atoms with Crippen LogP contribution in [0.4, 0.5) is 0 Å². The number of aromatic nitrogens is 3.